The standard InChI is InChI=1S/C34H46N4O6/c1-5-6-15-35(16-9-18-38(2,3)4)31(39)22-37-21-27(24-12-13-29-30(19-24)44-23-43-29)32(34(41)42)28(37)14-17-36-20-25-10-7-8-11-26(25)33(36)40/h7-8,10-13,19-20,27-28,32H,5-6,9,14-18,21-23H2,1-4H3,(H-,40,41,42)/p+1/t27-,28+,32-/m1/s1. The van der Waals surface area contributed by atoms with Crippen LogP contribution in [0, 0.1) is 5.92 Å². The predicted octanol–water partition coefficient (Wildman–Crippen LogP) is 4.36. The van der Waals surface area contributed by atoms with Crippen LogP contribution in [0.1, 0.15) is 44.1 Å². The SMILES string of the molecule is CCCCN(CCC[N+](C)(C)C)C(=O)CN1C[C@H](c2ccc3c(c2)OCO3)[C@@H](C(=O)O)[C@@H]1CCn1cc2ccccc2c1O. The molecule has 0 bridgehead atoms. The minimum Gasteiger partial charge on any atom is -0.494 e. The van der Waals surface area contributed by atoms with Crippen molar-refractivity contribution >= 4 is 22.6 Å². The van der Waals surface area contributed by atoms with Gasteiger partial charge in [-0.1, -0.05) is 37.6 Å². The number of hydrogen-bond donors (Lipinski definition) is 2. The number of hydrogen-bond acceptors (Lipinski definition) is 6. The van der Waals surface area contributed by atoms with Crippen molar-refractivity contribution in [2.75, 3.05) is 60.7 Å². The van der Waals surface area contributed by atoms with Gasteiger partial charge in [-0.15, -0.1) is 0 Å². The van der Waals surface area contributed by atoms with Crippen molar-refractivity contribution in [2.45, 2.75) is 51.1 Å². The molecule has 2 N–H and O–H groups in total. The van der Waals surface area contributed by atoms with Crippen molar-refractivity contribution in [1.82, 2.24) is 14.4 Å². The first kappa shape index (κ1) is 31.7. The van der Waals surface area contributed by atoms with Crippen LogP contribution in [-0.2, 0) is 16.1 Å². The van der Waals surface area contributed by atoms with E-state index in [0.717, 1.165) is 46.6 Å². The van der Waals surface area contributed by atoms with Gasteiger partial charge in [0.05, 0.1) is 40.2 Å². The Labute approximate surface area is 260 Å². The Bertz CT molecular complexity index is 1460. The Balaban J connectivity index is 1.41. The molecule has 5 rings (SSSR count). The number of fused-ring (bicyclic) bond motifs is 2. The van der Waals surface area contributed by atoms with Gasteiger partial charge in [0.2, 0.25) is 12.7 Å². The van der Waals surface area contributed by atoms with Crippen molar-refractivity contribution in [1.29, 1.82) is 0 Å². The molecule has 1 saturated heterocycles. The van der Waals surface area contributed by atoms with E-state index in [1.165, 1.54) is 0 Å². The molecule has 3 aromatic rings. The van der Waals surface area contributed by atoms with Crippen LogP contribution < -0.4 is 9.47 Å². The molecule has 10 nitrogen and oxygen atoms in total. The van der Waals surface area contributed by atoms with E-state index in [0.29, 0.717) is 44.1 Å². The Morgan fingerprint density at radius 2 is 1.80 bits per heavy atom. The maximum atomic E-state index is 13.9. The molecule has 1 fully saturated rings. The van der Waals surface area contributed by atoms with E-state index in [-0.39, 0.29) is 31.0 Å². The predicted molar refractivity (Wildman–Crippen MR) is 169 cm³/mol. The fourth-order valence-electron chi connectivity index (χ4n) is 6.69. The number of carbonyl (C=O) groups is 2. The highest BCUT2D eigenvalue weighted by molar-refractivity contribution is 5.87. The third-order valence-electron chi connectivity index (χ3n) is 9.02. The first-order valence-corrected chi connectivity index (χ1v) is 15.8. The lowest BCUT2D eigenvalue weighted by atomic mass is 9.84. The normalized spacial score (nSPS) is 20.0. The van der Waals surface area contributed by atoms with Crippen molar-refractivity contribution in [3.63, 3.8) is 0 Å². The van der Waals surface area contributed by atoms with Crippen LogP contribution in [0.15, 0.2) is 48.7 Å². The summed E-state index contributed by atoms with van der Waals surface area (Å²) in [6, 6.07) is 12.9. The van der Waals surface area contributed by atoms with Gasteiger partial charge in [0.25, 0.3) is 0 Å². The average Bonchev–Trinajstić information content (AvgIpc) is 3.68. The zero-order valence-electron chi connectivity index (χ0n) is 26.4. The molecule has 3 heterocycles. The van der Waals surface area contributed by atoms with E-state index < -0.39 is 17.9 Å². The second kappa shape index (κ2) is 13.5. The number of amides is 1. The number of carbonyl (C=O) groups excluding carboxylic acids is 1. The molecule has 3 atom stereocenters. The number of aromatic nitrogens is 1. The van der Waals surface area contributed by atoms with Crippen molar-refractivity contribution in [3.8, 4) is 17.4 Å². The summed E-state index contributed by atoms with van der Waals surface area (Å²) < 4.78 is 13.7. The summed E-state index contributed by atoms with van der Waals surface area (Å²) in [4.78, 5) is 30.9. The van der Waals surface area contributed by atoms with Crippen molar-refractivity contribution < 1.29 is 33.8 Å². The Morgan fingerprint density at radius 3 is 2.52 bits per heavy atom. The average molecular weight is 608 g/mol. The highest BCUT2D eigenvalue weighted by atomic mass is 16.7. The van der Waals surface area contributed by atoms with Crippen LogP contribution in [-0.4, -0.2) is 108 Å². The molecule has 1 aromatic heterocycles. The number of quaternary nitrogens is 1. The van der Waals surface area contributed by atoms with Crippen LogP contribution in [0.5, 0.6) is 17.4 Å². The molecule has 0 aliphatic carbocycles. The van der Waals surface area contributed by atoms with Gasteiger partial charge in [0.1, 0.15) is 0 Å². The van der Waals surface area contributed by atoms with Crippen molar-refractivity contribution in [2.24, 2.45) is 5.92 Å². The fraction of sp³-hybridized carbons (Fsp3) is 0.529. The number of nitrogens with zero attached hydrogens (tertiary/aromatic N) is 4. The number of rotatable bonds is 14. The lowest BCUT2D eigenvalue weighted by Gasteiger charge is -2.31. The lowest BCUT2D eigenvalue weighted by Crippen LogP contribution is -2.45. The van der Waals surface area contributed by atoms with Gasteiger partial charge < -0.3 is 33.6 Å². The molecular formula is C34H47N4O6+. The van der Waals surface area contributed by atoms with E-state index in [9.17, 15) is 19.8 Å². The fourth-order valence-corrected chi connectivity index (χ4v) is 6.69. The number of aromatic hydroxyl groups is 1. The quantitative estimate of drug-likeness (QED) is 0.263. The first-order valence-electron chi connectivity index (χ1n) is 15.8. The van der Waals surface area contributed by atoms with E-state index >= 15 is 0 Å². The maximum absolute atomic E-state index is 13.9. The summed E-state index contributed by atoms with van der Waals surface area (Å²) in [5, 5.41) is 23.2. The van der Waals surface area contributed by atoms with Crippen LogP contribution >= 0.6 is 0 Å². The Hall–Kier alpha value is -3.76. The zero-order valence-corrected chi connectivity index (χ0v) is 26.4. The molecule has 0 radical (unpaired) electrons. The highest BCUT2D eigenvalue weighted by Gasteiger charge is 2.47. The van der Waals surface area contributed by atoms with Gasteiger partial charge in [-0.05, 0) is 36.6 Å². The number of likely N-dealkylation sites (tertiary alicyclic amines) is 1. The lowest BCUT2D eigenvalue weighted by molar-refractivity contribution is -0.870. The van der Waals surface area contributed by atoms with Gasteiger partial charge in [0.15, 0.2) is 17.4 Å². The molecule has 44 heavy (non-hydrogen) atoms. The summed E-state index contributed by atoms with van der Waals surface area (Å²) in [6.07, 6.45) is 5.20. The number of benzene rings is 2. The van der Waals surface area contributed by atoms with Gasteiger partial charge >= 0.3 is 5.97 Å². The first-order chi connectivity index (χ1) is 21.1. The second-order valence-corrected chi connectivity index (χ2v) is 13.2. The van der Waals surface area contributed by atoms with Crippen molar-refractivity contribution in [3.05, 3.63) is 54.2 Å². The van der Waals surface area contributed by atoms with Crippen LogP contribution in [0.3, 0.4) is 0 Å². The molecule has 0 saturated carbocycles. The Kier molecular flexibility index (Phi) is 9.70. The van der Waals surface area contributed by atoms with Gasteiger partial charge in [-0.25, -0.2) is 0 Å². The number of aryl methyl sites for hydroxylation is 1. The molecule has 2 aromatic carbocycles. The number of aliphatic carboxylic acids is 1. The third kappa shape index (κ3) is 7.13. The number of carboxylic acids is 1. The molecule has 0 spiro atoms. The molecule has 10 heteroatoms. The molecule has 1 amide bonds. The largest absolute Gasteiger partial charge is 0.494 e. The monoisotopic (exact) mass is 607 g/mol. The molecule has 0 unspecified atom stereocenters. The number of unbranched alkanes of at least 4 members (excludes halogenated alkanes) is 1. The van der Waals surface area contributed by atoms with Gasteiger partial charge in [-0.3, -0.25) is 14.5 Å². The van der Waals surface area contributed by atoms with E-state index in [1.807, 2.05) is 53.6 Å². The van der Waals surface area contributed by atoms with Crippen LogP contribution in [0.2, 0.25) is 0 Å². The molecule has 2 aliphatic rings. The zero-order chi connectivity index (χ0) is 31.4. The number of ether oxygens (including phenoxy) is 2. The van der Waals surface area contributed by atoms with E-state index in [4.69, 9.17) is 9.47 Å². The Morgan fingerprint density at radius 1 is 1.05 bits per heavy atom. The minimum atomic E-state index is -0.889. The van der Waals surface area contributed by atoms with Crippen LogP contribution in [0.4, 0.5) is 0 Å². The smallest absolute Gasteiger partial charge is 0.308 e. The maximum Gasteiger partial charge on any atom is 0.308 e. The highest BCUT2D eigenvalue weighted by Crippen LogP contribution is 2.43. The van der Waals surface area contributed by atoms with Gasteiger partial charge in [0, 0.05) is 61.5 Å². The summed E-state index contributed by atoms with van der Waals surface area (Å²) in [7, 11) is 6.46. The van der Waals surface area contributed by atoms with Crippen LogP contribution in [0.25, 0.3) is 10.8 Å². The van der Waals surface area contributed by atoms with E-state index in [2.05, 4.69) is 33.0 Å². The molecular weight excluding hydrogens is 560 g/mol. The molecule has 238 valence electrons. The second-order valence-electron chi connectivity index (χ2n) is 13.2. The third-order valence-corrected chi connectivity index (χ3v) is 9.02. The summed E-state index contributed by atoms with van der Waals surface area (Å²) in [5.41, 5.74) is 0.863. The minimum absolute atomic E-state index is 0.0369. The number of carboxylic acid groups (broad SMARTS) is 1. The topological polar surface area (TPSA) is 104 Å². The van der Waals surface area contributed by atoms with E-state index in [1.54, 1.807) is 4.57 Å². The summed E-state index contributed by atoms with van der Waals surface area (Å²) >= 11 is 0. The van der Waals surface area contributed by atoms with Gasteiger partial charge in [-0.2, -0.15) is 0 Å². The summed E-state index contributed by atoms with van der Waals surface area (Å²) in [5.74, 6) is -0.488. The summed E-state index contributed by atoms with van der Waals surface area (Å²) in [6.45, 7) is 5.63. The molecule has 2 aliphatic heterocycles.